The predicted molar refractivity (Wildman–Crippen MR) is 115 cm³/mol. The molecular formula is C24H22F3N3O3. The normalized spacial score (nSPS) is 17.4. The topological polar surface area (TPSA) is 56.6 Å². The molecule has 1 fully saturated rings. The monoisotopic (exact) mass is 457 g/mol. The molecule has 4 rings (SSSR count). The molecule has 1 atom stereocenters. The predicted octanol–water partition coefficient (Wildman–Crippen LogP) is 4.40. The number of carbonyl (C=O) groups is 1. The van der Waals surface area contributed by atoms with Crippen LogP contribution in [0.25, 0.3) is 11.8 Å². The van der Waals surface area contributed by atoms with Crippen molar-refractivity contribution >= 4 is 12.0 Å². The number of hydrogen-bond acceptors (Lipinski definition) is 4. The van der Waals surface area contributed by atoms with Crippen LogP contribution in [0.3, 0.4) is 0 Å². The summed E-state index contributed by atoms with van der Waals surface area (Å²) in [4.78, 5) is 18.6. The Bertz CT molecular complexity index is 1220. The fraction of sp³-hybridized carbons (Fsp3) is 0.250. The zero-order valence-electron chi connectivity index (χ0n) is 18.3. The number of hydrogen-bond donors (Lipinski definition) is 0. The molecule has 0 unspecified atom stereocenters. The van der Waals surface area contributed by atoms with E-state index in [4.69, 9.17) is 9.47 Å². The van der Waals surface area contributed by atoms with E-state index in [0.29, 0.717) is 11.3 Å². The Labute approximate surface area is 188 Å². The van der Waals surface area contributed by atoms with Gasteiger partial charge >= 0.3 is 0 Å². The van der Waals surface area contributed by atoms with Crippen molar-refractivity contribution in [1.29, 1.82) is 0 Å². The van der Waals surface area contributed by atoms with Gasteiger partial charge in [-0.3, -0.25) is 4.79 Å². The van der Waals surface area contributed by atoms with E-state index in [2.05, 4.69) is 4.98 Å². The van der Waals surface area contributed by atoms with Crippen molar-refractivity contribution in [2.75, 3.05) is 13.7 Å². The first-order valence-electron chi connectivity index (χ1n) is 10.2. The summed E-state index contributed by atoms with van der Waals surface area (Å²) in [6.07, 6.45) is 4.78. The molecule has 0 saturated carbocycles. The Hall–Kier alpha value is -3.75. The van der Waals surface area contributed by atoms with E-state index in [1.165, 1.54) is 4.90 Å². The molecule has 172 valence electrons. The molecule has 0 aliphatic carbocycles. The molecule has 2 aromatic carbocycles. The Morgan fingerprint density at radius 3 is 2.58 bits per heavy atom. The van der Waals surface area contributed by atoms with Crippen LogP contribution in [-0.4, -0.2) is 40.1 Å². The summed E-state index contributed by atoms with van der Waals surface area (Å²) in [5.41, 5.74) is 2.46. The lowest BCUT2D eigenvalue weighted by Crippen LogP contribution is -2.43. The number of methoxy groups -OCH3 is 1. The second-order valence-corrected chi connectivity index (χ2v) is 7.85. The summed E-state index contributed by atoms with van der Waals surface area (Å²) in [6.45, 7) is 3.80. The van der Waals surface area contributed by atoms with Crippen LogP contribution in [0.2, 0.25) is 0 Å². The quantitative estimate of drug-likeness (QED) is 0.421. The lowest BCUT2D eigenvalue weighted by Gasteiger charge is -2.33. The number of carbonyl (C=O) groups excluding carboxylic acids is 1. The van der Waals surface area contributed by atoms with Crippen LogP contribution in [-0.2, 0) is 16.1 Å². The number of imidazole rings is 1. The van der Waals surface area contributed by atoms with Gasteiger partial charge in [-0.2, -0.15) is 0 Å². The highest BCUT2D eigenvalue weighted by Crippen LogP contribution is 2.27. The molecule has 1 amide bonds. The van der Waals surface area contributed by atoms with E-state index >= 15 is 0 Å². The zero-order chi connectivity index (χ0) is 23.7. The Kier molecular flexibility index (Phi) is 6.13. The van der Waals surface area contributed by atoms with Crippen LogP contribution in [0.1, 0.15) is 23.7 Å². The highest BCUT2D eigenvalue weighted by molar-refractivity contribution is 5.96. The number of rotatable bonds is 5. The molecule has 0 radical (unpaired) electrons. The van der Waals surface area contributed by atoms with Crippen LogP contribution < -0.4 is 4.74 Å². The van der Waals surface area contributed by atoms with Gasteiger partial charge < -0.3 is 18.9 Å². The second kappa shape index (κ2) is 9.01. The van der Waals surface area contributed by atoms with Crippen LogP contribution in [0.15, 0.2) is 48.6 Å². The molecule has 1 aliphatic heterocycles. The van der Waals surface area contributed by atoms with Crippen LogP contribution in [0, 0.1) is 24.4 Å². The van der Waals surface area contributed by atoms with Gasteiger partial charge in [-0.15, -0.1) is 0 Å². The summed E-state index contributed by atoms with van der Waals surface area (Å²) in [5, 5.41) is 0. The first-order valence-corrected chi connectivity index (χ1v) is 10.2. The molecule has 0 bridgehead atoms. The average Bonchev–Trinajstić information content (AvgIpc) is 3.21. The van der Waals surface area contributed by atoms with Crippen molar-refractivity contribution < 1.29 is 27.4 Å². The molecular weight excluding hydrogens is 435 g/mol. The van der Waals surface area contributed by atoms with Gasteiger partial charge in [0.05, 0.1) is 31.4 Å². The van der Waals surface area contributed by atoms with Crippen molar-refractivity contribution in [3.05, 3.63) is 82.9 Å². The van der Waals surface area contributed by atoms with Crippen LogP contribution in [0.4, 0.5) is 13.2 Å². The molecule has 1 aliphatic rings. The third kappa shape index (κ3) is 4.72. The SMILES string of the molecule is COc1cc(/C=C2\O[C@@H](C)CN(Cc3cc(F)c(F)c(F)c3)C2=O)ccc1-n1cnc(C)c1. The maximum atomic E-state index is 13.6. The summed E-state index contributed by atoms with van der Waals surface area (Å²) in [7, 11) is 1.55. The zero-order valence-corrected chi connectivity index (χ0v) is 18.3. The maximum Gasteiger partial charge on any atom is 0.289 e. The first-order chi connectivity index (χ1) is 15.7. The molecule has 0 spiro atoms. The lowest BCUT2D eigenvalue weighted by atomic mass is 10.1. The minimum Gasteiger partial charge on any atom is -0.495 e. The van der Waals surface area contributed by atoms with E-state index in [0.717, 1.165) is 23.5 Å². The summed E-state index contributed by atoms with van der Waals surface area (Å²) in [6, 6.07) is 7.19. The van der Waals surface area contributed by atoms with Crippen molar-refractivity contribution in [3.8, 4) is 11.4 Å². The van der Waals surface area contributed by atoms with Crippen molar-refractivity contribution in [3.63, 3.8) is 0 Å². The van der Waals surface area contributed by atoms with Crippen LogP contribution >= 0.6 is 0 Å². The largest absolute Gasteiger partial charge is 0.495 e. The number of halogens is 3. The molecule has 3 aromatic rings. The number of aromatic nitrogens is 2. The molecule has 33 heavy (non-hydrogen) atoms. The van der Waals surface area contributed by atoms with E-state index in [1.54, 1.807) is 32.5 Å². The standard InChI is InChI=1S/C24H22F3N3O3/c1-14-10-30(13-28-14)20-5-4-16(8-21(20)32-3)9-22-24(31)29(11-15(2)33-22)12-17-6-18(25)23(27)19(26)7-17/h4-10,13,15H,11-12H2,1-3H3/b22-9-/t15-/m0/s1. The molecule has 6 nitrogen and oxygen atoms in total. The van der Waals surface area contributed by atoms with E-state index < -0.39 is 23.4 Å². The summed E-state index contributed by atoms with van der Waals surface area (Å²) < 4.78 is 53.5. The minimum atomic E-state index is -1.54. The fourth-order valence-electron chi connectivity index (χ4n) is 3.71. The molecule has 1 aromatic heterocycles. The van der Waals surface area contributed by atoms with Gasteiger partial charge in [0.25, 0.3) is 5.91 Å². The molecule has 0 N–H and O–H groups in total. The summed E-state index contributed by atoms with van der Waals surface area (Å²) >= 11 is 0. The number of benzene rings is 2. The average molecular weight is 457 g/mol. The van der Waals surface area contributed by atoms with Crippen molar-refractivity contribution in [2.24, 2.45) is 0 Å². The van der Waals surface area contributed by atoms with E-state index in [-0.39, 0.29) is 30.5 Å². The Balaban J connectivity index is 1.60. The third-order valence-electron chi connectivity index (χ3n) is 5.21. The van der Waals surface area contributed by atoms with Crippen molar-refractivity contribution in [2.45, 2.75) is 26.5 Å². The third-order valence-corrected chi connectivity index (χ3v) is 5.21. The van der Waals surface area contributed by atoms with Crippen molar-refractivity contribution in [1.82, 2.24) is 14.5 Å². The number of ether oxygens (including phenoxy) is 2. The number of morpholine rings is 1. The van der Waals surface area contributed by atoms with Gasteiger partial charge in [0.15, 0.2) is 23.2 Å². The fourth-order valence-corrected chi connectivity index (χ4v) is 3.71. The molecule has 1 saturated heterocycles. The van der Waals surface area contributed by atoms with Gasteiger partial charge in [0.2, 0.25) is 0 Å². The molecule has 9 heteroatoms. The second-order valence-electron chi connectivity index (χ2n) is 7.85. The highest BCUT2D eigenvalue weighted by atomic mass is 19.2. The number of nitrogens with zero attached hydrogens (tertiary/aromatic N) is 3. The molecule has 2 heterocycles. The van der Waals surface area contributed by atoms with Crippen LogP contribution in [0.5, 0.6) is 5.75 Å². The Morgan fingerprint density at radius 2 is 1.94 bits per heavy atom. The maximum absolute atomic E-state index is 13.6. The smallest absolute Gasteiger partial charge is 0.289 e. The lowest BCUT2D eigenvalue weighted by molar-refractivity contribution is -0.139. The van der Waals surface area contributed by atoms with E-state index in [9.17, 15) is 18.0 Å². The van der Waals surface area contributed by atoms with Gasteiger partial charge in [0, 0.05) is 12.7 Å². The Morgan fingerprint density at radius 1 is 1.21 bits per heavy atom. The van der Waals surface area contributed by atoms with Gasteiger partial charge in [-0.25, -0.2) is 18.2 Å². The number of aryl methyl sites for hydroxylation is 1. The van der Waals surface area contributed by atoms with E-state index in [1.807, 2.05) is 29.8 Å². The minimum absolute atomic E-state index is 0.0831. The van der Waals surface area contributed by atoms with Gasteiger partial charge in [-0.05, 0) is 55.3 Å². The van der Waals surface area contributed by atoms with Gasteiger partial charge in [0.1, 0.15) is 11.9 Å². The summed E-state index contributed by atoms with van der Waals surface area (Å²) in [5.74, 6) is -3.90. The van der Waals surface area contributed by atoms with Gasteiger partial charge in [-0.1, -0.05) is 6.07 Å². The highest BCUT2D eigenvalue weighted by Gasteiger charge is 2.29. The number of amides is 1. The first kappa shape index (κ1) is 22.4.